The van der Waals surface area contributed by atoms with Crippen LogP contribution in [0.2, 0.25) is 0 Å². The zero-order chi connectivity index (χ0) is 19.0. The van der Waals surface area contributed by atoms with Gasteiger partial charge in [0, 0.05) is 13.1 Å². The van der Waals surface area contributed by atoms with Crippen LogP contribution in [0.3, 0.4) is 0 Å². The lowest BCUT2D eigenvalue weighted by Crippen LogP contribution is -2.40. The second kappa shape index (κ2) is 7.31. The van der Waals surface area contributed by atoms with Crippen LogP contribution in [0.15, 0.2) is 51.0 Å². The van der Waals surface area contributed by atoms with Crippen molar-refractivity contribution in [2.75, 3.05) is 6.54 Å². The summed E-state index contributed by atoms with van der Waals surface area (Å²) in [6.07, 6.45) is 1.17. The highest BCUT2D eigenvalue weighted by Crippen LogP contribution is 2.29. The SMILES string of the molecule is CCn1c(=NC(=O)C2CCCN2S(=O)(=O)c2cccs2)sc2ccccc21. The molecule has 1 amide bonds. The Kier molecular flexibility index (Phi) is 5.02. The normalized spacial score (nSPS) is 19.1. The molecule has 1 saturated heterocycles. The van der Waals surface area contributed by atoms with Crippen molar-refractivity contribution in [3.63, 3.8) is 0 Å². The van der Waals surface area contributed by atoms with Gasteiger partial charge < -0.3 is 4.57 Å². The van der Waals surface area contributed by atoms with Crippen LogP contribution in [-0.4, -0.2) is 35.8 Å². The smallest absolute Gasteiger partial charge is 0.266 e. The summed E-state index contributed by atoms with van der Waals surface area (Å²) in [4.78, 5) is 17.9. The number of carbonyl (C=O) groups excluding carboxylic acids is 1. The Morgan fingerprint density at radius 1 is 1.26 bits per heavy atom. The molecule has 0 aliphatic carbocycles. The molecule has 3 heterocycles. The van der Waals surface area contributed by atoms with Gasteiger partial charge in [0.1, 0.15) is 10.3 Å². The van der Waals surface area contributed by atoms with Gasteiger partial charge in [-0.3, -0.25) is 4.79 Å². The molecule has 1 aromatic carbocycles. The van der Waals surface area contributed by atoms with E-state index in [1.54, 1.807) is 17.5 Å². The molecule has 0 spiro atoms. The molecule has 9 heteroatoms. The quantitative estimate of drug-likeness (QED) is 0.650. The number of benzene rings is 1. The number of thiazole rings is 1. The van der Waals surface area contributed by atoms with Crippen molar-refractivity contribution in [1.82, 2.24) is 8.87 Å². The van der Waals surface area contributed by atoms with Crippen molar-refractivity contribution in [2.45, 2.75) is 36.6 Å². The maximum atomic E-state index is 12.9. The van der Waals surface area contributed by atoms with Crippen molar-refractivity contribution in [3.05, 3.63) is 46.6 Å². The van der Waals surface area contributed by atoms with Crippen LogP contribution in [0.1, 0.15) is 19.8 Å². The number of hydrogen-bond donors (Lipinski definition) is 0. The summed E-state index contributed by atoms with van der Waals surface area (Å²) in [7, 11) is -3.65. The Morgan fingerprint density at radius 2 is 2.07 bits per heavy atom. The highest BCUT2D eigenvalue weighted by atomic mass is 32.2. The van der Waals surface area contributed by atoms with Gasteiger partial charge in [0.25, 0.3) is 15.9 Å². The molecule has 3 aromatic rings. The summed E-state index contributed by atoms with van der Waals surface area (Å²) in [6, 6.07) is 10.5. The van der Waals surface area contributed by atoms with E-state index in [-0.39, 0.29) is 10.1 Å². The zero-order valence-corrected chi connectivity index (χ0v) is 17.2. The first kappa shape index (κ1) is 18.5. The topological polar surface area (TPSA) is 71.7 Å². The second-order valence-corrected chi connectivity index (χ2v) is 10.3. The van der Waals surface area contributed by atoms with Crippen LogP contribution < -0.4 is 4.80 Å². The van der Waals surface area contributed by atoms with E-state index in [4.69, 9.17) is 0 Å². The van der Waals surface area contributed by atoms with Gasteiger partial charge in [-0.15, -0.1) is 11.3 Å². The number of aromatic nitrogens is 1. The molecular weight excluding hydrogens is 402 g/mol. The summed E-state index contributed by atoms with van der Waals surface area (Å²) in [5.41, 5.74) is 1.03. The third-order valence-electron chi connectivity index (χ3n) is 4.66. The number of rotatable bonds is 4. The third kappa shape index (κ3) is 3.29. The van der Waals surface area contributed by atoms with Crippen molar-refractivity contribution >= 4 is 48.8 Å². The summed E-state index contributed by atoms with van der Waals surface area (Å²) in [5.74, 6) is -0.388. The van der Waals surface area contributed by atoms with E-state index < -0.39 is 16.1 Å². The number of para-hydroxylation sites is 1. The van der Waals surface area contributed by atoms with Gasteiger partial charge in [-0.2, -0.15) is 9.30 Å². The third-order valence-corrected chi connectivity index (χ3v) is 9.00. The number of fused-ring (bicyclic) bond motifs is 1. The fourth-order valence-corrected chi connectivity index (χ4v) is 7.25. The molecule has 0 bridgehead atoms. The highest BCUT2D eigenvalue weighted by molar-refractivity contribution is 7.91. The largest absolute Gasteiger partial charge is 0.317 e. The van der Waals surface area contributed by atoms with Crippen LogP contribution in [-0.2, 0) is 21.4 Å². The minimum Gasteiger partial charge on any atom is -0.317 e. The lowest BCUT2D eigenvalue weighted by atomic mass is 10.2. The number of amides is 1. The second-order valence-electron chi connectivity index (χ2n) is 6.25. The van der Waals surface area contributed by atoms with Crippen LogP contribution in [0.25, 0.3) is 10.2 Å². The van der Waals surface area contributed by atoms with Gasteiger partial charge in [0.2, 0.25) is 0 Å². The van der Waals surface area contributed by atoms with Crippen molar-refractivity contribution in [1.29, 1.82) is 0 Å². The highest BCUT2D eigenvalue weighted by Gasteiger charge is 2.39. The average Bonchev–Trinajstić information content (AvgIpc) is 3.40. The maximum absolute atomic E-state index is 12.9. The molecule has 0 radical (unpaired) electrons. The number of carbonyl (C=O) groups is 1. The summed E-state index contributed by atoms with van der Waals surface area (Å²) in [5, 5.41) is 1.73. The van der Waals surface area contributed by atoms with Crippen molar-refractivity contribution < 1.29 is 13.2 Å². The van der Waals surface area contributed by atoms with Gasteiger partial charge in [-0.05, 0) is 43.3 Å². The Bertz CT molecular complexity index is 1140. The van der Waals surface area contributed by atoms with Gasteiger partial charge in [0.15, 0.2) is 4.80 Å². The van der Waals surface area contributed by atoms with Gasteiger partial charge in [0.05, 0.1) is 10.2 Å². The van der Waals surface area contributed by atoms with Crippen molar-refractivity contribution in [2.24, 2.45) is 4.99 Å². The molecule has 27 heavy (non-hydrogen) atoms. The molecule has 4 rings (SSSR count). The molecule has 2 aromatic heterocycles. The Labute approximate surface area is 165 Å². The maximum Gasteiger partial charge on any atom is 0.266 e. The number of hydrogen-bond acceptors (Lipinski definition) is 5. The van der Waals surface area contributed by atoms with E-state index >= 15 is 0 Å². The molecule has 6 nitrogen and oxygen atoms in total. The van der Waals surface area contributed by atoms with E-state index in [0.29, 0.717) is 30.7 Å². The van der Waals surface area contributed by atoms with E-state index in [9.17, 15) is 13.2 Å². The van der Waals surface area contributed by atoms with E-state index in [1.807, 2.05) is 35.8 Å². The minimum atomic E-state index is -3.65. The van der Waals surface area contributed by atoms with E-state index in [0.717, 1.165) is 10.2 Å². The molecule has 1 atom stereocenters. The number of sulfonamides is 1. The first-order valence-corrected chi connectivity index (χ1v) is 11.9. The van der Waals surface area contributed by atoms with E-state index in [2.05, 4.69) is 4.99 Å². The summed E-state index contributed by atoms with van der Waals surface area (Å²) in [6.45, 7) is 3.05. The molecular formula is C18H19N3O3S3. The van der Waals surface area contributed by atoms with Crippen molar-refractivity contribution in [3.8, 4) is 0 Å². The first-order valence-electron chi connectivity index (χ1n) is 8.74. The fourth-order valence-electron chi connectivity index (χ4n) is 3.38. The fraction of sp³-hybridized carbons (Fsp3) is 0.333. The lowest BCUT2D eigenvalue weighted by molar-refractivity contribution is -0.121. The molecule has 142 valence electrons. The predicted molar refractivity (Wildman–Crippen MR) is 107 cm³/mol. The average molecular weight is 422 g/mol. The van der Waals surface area contributed by atoms with Gasteiger partial charge in [-0.25, -0.2) is 8.42 Å². The van der Waals surface area contributed by atoms with Gasteiger partial charge >= 0.3 is 0 Å². The zero-order valence-electron chi connectivity index (χ0n) is 14.7. The molecule has 1 fully saturated rings. The molecule has 1 unspecified atom stereocenters. The number of thiophene rings is 1. The Morgan fingerprint density at radius 3 is 2.81 bits per heavy atom. The number of nitrogens with zero attached hydrogens (tertiary/aromatic N) is 3. The van der Waals surface area contributed by atoms with Crippen LogP contribution in [0.4, 0.5) is 0 Å². The number of aryl methyl sites for hydroxylation is 1. The van der Waals surface area contributed by atoms with Crippen LogP contribution in [0.5, 0.6) is 0 Å². The Hall–Kier alpha value is -1.81. The monoisotopic (exact) mass is 421 g/mol. The first-order chi connectivity index (χ1) is 13.0. The summed E-state index contributed by atoms with van der Waals surface area (Å²) < 4.78 is 30.4. The molecule has 0 N–H and O–H groups in total. The lowest BCUT2D eigenvalue weighted by Gasteiger charge is -2.20. The Balaban J connectivity index is 1.72. The molecule has 0 saturated carbocycles. The molecule has 1 aliphatic rings. The standard InChI is InChI=1S/C18H19N3O3S3/c1-2-20-13-7-3-4-9-15(13)26-18(20)19-17(22)14-8-5-11-21(14)27(23,24)16-10-6-12-25-16/h3-4,6-7,9-10,12,14H,2,5,8,11H2,1H3. The van der Waals surface area contributed by atoms with Crippen LogP contribution in [0, 0.1) is 0 Å². The summed E-state index contributed by atoms with van der Waals surface area (Å²) >= 11 is 2.62. The molecule has 1 aliphatic heterocycles. The predicted octanol–water partition coefficient (Wildman–Crippen LogP) is 3.06. The minimum absolute atomic E-state index is 0.271. The van der Waals surface area contributed by atoms with Gasteiger partial charge in [-0.1, -0.05) is 29.5 Å². The van der Waals surface area contributed by atoms with E-state index in [1.165, 1.54) is 27.0 Å². The van der Waals surface area contributed by atoms with Crippen LogP contribution >= 0.6 is 22.7 Å².